The number of hydrogen-bond acceptors (Lipinski definition) is 2. The molecule has 0 atom stereocenters. The Kier molecular flexibility index (Phi) is 4.46. The van der Waals surface area contributed by atoms with Crippen LogP contribution in [0, 0.1) is 5.82 Å². The van der Waals surface area contributed by atoms with Gasteiger partial charge in [-0.15, -0.1) is 11.3 Å². The topological polar surface area (TPSA) is 12.9 Å². The van der Waals surface area contributed by atoms with Crippen molar-refractivity contribution >= 4 is 17.4 Å². The molecule has 4 rings (SSSR count). The van der Waals surface area contributed by atoms with Crippen LogP contribution >= 0.6 is 11.3 Å². The van der Waals surface area contributed by atoms with Gasteiger partial charge >= 0.3 is 0 Å². The molecule has 0 amide bonds. The zero-order valence-electron chi connectivity index (χ0n) is 14.0. The van der Waals surface area contributed by atoms with Crippen molar-refractivity contribution in [3.05, 3.63) is 96.1 Å². The van der Waals surface area contributed by atoms with Gasteiger partial charge < -0.3 is 0 Å². The fourth-order valence-corrected chi connectivity index (χ4v) is 3.69. The third-order valence-electron chi connectivity index (χ3n) is 4.23. The number of benzene rings is 3. The Morgan fingerprint density at radius 3 is 2.35 bits per heavy atom. The van der Waals surface area contributed by atoms with E-state index in [-0.39, 0.29) is 5.82 Å². The lowest BCUT2D eigenvalue weighted by molar-refractivity contribution is 0.625. The smallest absolute Gasteiger partial charge is 0.130 e. The quantitative estimate of drug-likeness (QED) is 0.386. The fraction of sp³-hybridized carbons (Fsp3) is 0. The van der Waals surface area contributed by atoms with Gasteiger partial charge in [0.2, 0.25) is 0 Å². The molecule has 0 radical (unpaired) electrons. The van der Waals surface area contributed by atoms with Crippen LogP contribution in [0.3, 0.4) is 0 Å². The highest BCUT2D eigenvalue weighted by Gasteiger charge is 2.08. The maximum atomic E-state index is 13.7. The van der Waals surface area contributed by atoms with Crippen molar-refractivity contribution in [2.45, 2.75) is 0 Å². The number of thiazole rings is 1. The SMILES string of the molecule is C=Cc1cc(-c2cccc(-c3csc(-c4ccccc4)n3)c2)ccc1F. The molecular weight excluding hydrogens is 341 g/mol. The van der Waals surface area contributed by atoms with Crippen molar-refractivity contribution in [3.8, 4) is 33.0 Å². The minimum atomic E-state index is -0.257. The van der Waals surface area contributed by atoms with Gasteiger partial charge in [0.15, 0.2) is 0 Å². The van der Waals surface area contributed by atoms with Crippen molar-refractivity contribution in [2.75, 3.05) is 0 Å². The molecule has 0 spiro atoms. The second-order valence-corrected chi connectivity index (χ2v) is 6.78. The zero-order valence-corrected chi connectivity index (χ0v) is 14.8. The minimum absolute atomic E-state index is 0.257. The molecule has 0 saturated carbocycles. The first-order valence-corrected chi connectivity index (χ1v) is 9.16. The number of hydrogen-bond donors (Lipinski definition) is 0. The van der Waals surface area contributed by atoms with Gasteiger partial charge in [0.05, 0.1) is 5.69 Å². The van der Waals surface area contributed by atoms with Gasteiger partial charge in [-0.25, -0.2) is 9.37 Å². The van der Waals surface area contributed by atoms with Crippen molar-refractivity contribution in [3.63, 3.8) is 0 Å². The molecule has 1 aromatic heterocycles. The predicted molar refractivity (Wildman–Crippen MR) is 108 cm³/mol. The van der Waals surface area contributed by atoms with Gasteiger partial charge in [0, 0.05) is 22.1 Å². The maximum Gasteiger partial charge on any atom is 0.130 e. The average molecular weight is 357 g/mol. The van der Waals surface area contributed by atoms with Crippen LogP contribution < -0.4 is 0 Å². The van der Waals surface area contributed by atoms with Crippen molar-refractivity contribution in [1.82, 2.24) is 4.98 Å². The van der Waals surface area contributed by atoms with E-state index in [0.717, 1.165) is 33.0 Å². The molecule has 0 unspecified atom stereocenters. The summed E-state index contributed by atoms with van der Waals surface area (Å²) in [7, 11) is 0. The van der Waals surface area contributed by atoms with Crippen LogP contribution in [0.25, 0.3) is 39.0 Å². The lowest BCUT2D eigenvalue weighted by Crippen LogP contribution is -1.86. The van der Waals surface area contributed by atoms with Gasteiger partial charge in [0.25, 0.3) is 0 Å². The molecule has 4 aromatic rings. The van der Waals surface area contributed by atoms with Crippen LogP contribution in [0.5, 0.6) is 0 Å². The number of nitrogens with zero attached hydrogens (tertiary/aromatic N) is 1. The van der Waals surface area contributed by atoms with Crippen LogP contribution in [0.4, 0.5) is 4.39 Å². The molecule has 1 nitrogen and oxygen atoms in total. The standard InChI is InChI=1S/C23H16FNS/c1-2-16-13-19(11-12-21(16)24)18-9-6-10-20(14-18)22-15-26-23(25-22)17-7-4-3-5-8-17/h2-15H,1H2. The Labute approximate surface area is 156 Å². The molecule has 0 bridgehead atoms. The lowest BCUT2D eigenvalue weighted by Gasteiger charge is -2.06. The van der Waals surface area contributed by atoms with Crippen molar-refractivity contribution in [2.24, 2.45) is 0 Å². The predicted octanol–water partition coefficient (Wildman–Crippen LogP) is 6.93. The Balaban J connectivity index is 1.71. The molecule has 0 fully saturated rings. The second-order valence-electron chi connectivity index (χ2n) is 5.93. The highest BCUT2D eigenvalue weighted by Crippen LogP contribution is 2.31. The zero-order chi connectivity index (χ0) is 17.9. The summed E-state index contributed by atoms with van der Waals surface area (Å²) < 4.78 is 13.7. The van der Waals surface area contributed by atoms with Crippen LogP contribution in [0.1, 0.15) is 5.56 Å². The summed E-state index contributed by atoms with van der Waals surface area (Å²) in [6, 6.07) is 23.4. The molecule has 0 aliphatic carbocycles. The molecule has 26 heavy (non-hydrogen) atoms. The van der Waals surface area contributed by atoms with Gasteiger partial charge in [-0.2, -0.15) is 0 Å². The average Bonchev–Trinajstić information content (AvgIpc) is 3.19. The lowest BCUT2D eigenvalue weighted by atomic mass is 10.00. The molecule has 0 aliphatic rings. The molecule has 0 N–H and O–H groups in total. The first kappa shape index (κ1) is 16.4. The van der Waals surface area contributed by atoms with E-state index >= 15 is 0 Å². The number of halogens is 1. The van der Waals surface area contributed by atoms with E-state index in [1.807, 2.05) is 42.5 Å². The first-order chi connectivity index (χ1) is 12.7. The summed E-state index contributed by atoms with van der Waals surface area (Å²) in [6.45, 7) is 3.67. The van der Waals surface area contributed by atoms with E-state index in [0.29, 0.717) is 5.56 Å². The van der Waals surface area contributed by atoms with Crippen LogP contribution in [-0.4, -0.2) is 4.98 Å². The van der Waals surface area contributed by atoms with Gasteiger partial charge in [0.1, 0.15) is 10.8 Å². The van der Waals surface area contributed by atoms with Crippen molar-refractivity contribution in [1.29, 1.82) is 0 Å². The van der Waals surface area contributed by atoms with Crippen molar-refractivity contribution < 1.29 is 4.39 Å². The number of rotatable bonds is 4. The Bertz CT molecular complexity index is 1070. The third kappa shape index (κ3) is 3.22. The molecule has 3 aromatic carbocycles. The highest BCUT2D eigenvalue weighted by atomic mass is 32.1. The van der Waals surface area contributed by atoms with Gasteiger partial charge in [-0.05, 0) is 29.3 Å². The molecule has 126 valence electrons. The first-order valence-electron chi connectivity index (χ1n) is 8.28. The van der Waals surface area contributed by atoms with E-state index in [1.165, 1.54) is 12.1 Å². The largest absolute Gasteiger partial charge is 0.236 e. The summed E-state index contributed by atoms with van der Waals surface area (Å²) in [6.07, 6.45) is 1.54. The van der Waals surface area contributed by atoms with Crippen LogP contribution in [-0.2, 0) is 0 Å². The molecule has 1 heterocycles. The molecule has 0 saturated heterocycles. The monoisotopic (exact) mass is 357 g/mol. The summed E-state index contributed by atoms with van der Waals surface area (Å²) in [4.78, 5) is 4.78. The maximum absolute atomic E-state index is 13.7. The fourth-order valence-electron chi connectivity index (χ4n) is 2.86. The Hall–Kier alpha value is -3.04. The van der Waals surface area contributed by atoms with Gasteiger partial charge in [-0.1, -0.05) is 67.3 Å². The van der Waals surface area contributed by atoms with E-state index in [2.05, 4.69) is 30.2 Å². The summed E-state index contributed by atoms with van der Waals surface area (Å²) in [5.74, 6) is -0.257. The third-order valence-corrected chi connectivity index (χ3v) is 5.12. The van der Waals surface area contributed by atoms with Crippen LogP contribution in [0.15, 0.2) is 84.8 Å². The van der Waals surface area contributed by atoms with E-state index < -0.39 is 0 Å². The Morgan fingerprint density at radius 1 is 0.808 bits per heavy atom. The molecule has 3 heteroatoms. The van der Waals surface area contributed by atoms with E-state index in [9.17, 15) is 4.39 Å². The second kappa shape index (κ2) is 7.06. The minimum Gasteiger partial charge on any atom is -0.236 e. The van der Waals surface area contributed by atoms with E-state index in [4.69, 9.17) is 4.98 Å². The highest BCUT2D eigenvalue weighted by molar-refractivity contribution is 7.13. The number of aromatic nitrogens is 1. The summed E-state index contributed by atoms with van der Waals surface area (Å²) in [5, 5.41) is 3.07. The molecular formula is C23H16FNS. The molecule has 0 aliphatic heterocycles. The van der Waals surface area contributed by atoms with E-state index in [1.54, 1.807) is 17.4 Å². The van der Waals surface area contributed by atoms with Crippen LogP contribution in [0.2, 0.25) is 0 Å². The van der Waals surface area contributed by atoms with Gasteiger partial charge in [-0.3, -0.25) is 0 Å². The summed E-state index contributed by atoms with van der Waals surface area (Å²) in [5.41, 5.74) is 5.61. The summed E-state index contributed by atoms with van der Waals surface area (Å²) >= 11 is 1.63. The normalized spacial score (nSPS) is 10.7. The Morgan fingerprint density at radius 2 is 1.54 bits per heavy atom.